The number of benzene rings is 3. The van der Waals surface area contributed by atoms with Crippen molar-refractivity contribution in [2.24, 2.45) is 22.7 Å². The van der Waals surface area contributed by atoms with Gasteiger partial charge in [-0.25, -0.2) is 14.4 Å². The zero-order valence-corrected chi connectivity index (χ0v) is 33.9. The molecule has 14 heteroatoms. The molecule has 3 aromatic carbocycles. The van der Waals surface area contributed by atoms with Crippen molar-refractivity contribution >= 4 is 41.4 Å². The van der Waals surface area contributed by atoms with Gasteiger partial charge in [0, 0.05) is 42.1 Å². The van der Waals surface area contributed by atoms with Crippen LogP contribution in [-0.4, -0.2) is 88.8 Å². The fraction of sp³-hybridized carbons (Fsp3) is 0.444. The molecule has 2 saturated carbocycles. The minimum Gasteiger partial charge on any atom is -0.455 e. The van der Waals surface area contributed by atoms with Crippen LogP contribution in [0.3, 0.4) is 0 Å². The van der Waals surface area contributed by atoms with Gasteiger partial charge in [-0.05, 0) is 49.2 Å². The summed E-state index contributed by atoms with van der Waals surface area (Å²) in [4.78, 5) is 70.0. The van der Waals surface area contributed by atoms with Crippen molar-refractivity contribution < 1.29 is 57.9 Å². The lowest BCUT2D eigenvalue weighted by molar-refractivity contribution is -0.274. The molecule has 0 aromatic heterocycles. The lowest BCUT2D eigenvalue weighted by atomic mass is 9.46. The van der Waals surface area contributed by atoms with E-state index >= 15 is 0 Å². The first-order valence-corrected chi connectivity index (χ1v) is 20.2. The first-order valence-electron chi connectivity index (χ1n) is 19.6. The van der Waals surface area contributed by atoms with Gasteiger partial charge in [0.25, 0.3) is 5.91 Å². The second kappa shape index (κ2) is 16.5. The quantitative estimate of drug-likeness (QED) is 0.0959. The van der Waals surface area contributed by atoms with E-state index in [0.29, 0.717) is 16.7 Å². The zero-order valence-electron chi connectivity index (χ0n) is 33.2. The summed E-state index contributed by atoms with van der Waals surface area (Å²) in [5.74, 6) is -4.03. The van der Waals surface area contributed by atoms with E-state index in [4.69, 9.17) is 35.3 Å². The molecule has 0 radical (unpaired) electrons. The topological polar surface area (TPSA) is 184 Å². The van der Waals surface area contributed by atoms with Crippen LogP contribution in [0, 0.1) is 22.7 Å². The van der Waals surface area contributed by atoms with Crippen LogP contribution in [0.2, 0.25) is 0 Å². The predicted octanol–water partition coefficient (Wildman–Crippen LogP) is 5.87. The summed E-state index contributed by atoms with van der Waals surface area (Å²) in [6, 6.07) is 22.9. The number of nitrogens with one attached hydrogen (secondary N) is 1. The molecule has 4 aliphatic rings. The van der Waals surface area contributed by atoms with Gasteiger partial charge in [0.2, 0.25) is 6.10 Å². The van der Waals surface area contributed by atoms with Crippen molar-refractivity contribution in [3.63, 3.8) is 0 Å². The molecule has 1 amide bonds. The summed E-state index contributed by atoms with van der Waals surface area (Å²) in [6.45, 7) is 7.09. The number of amides is 1. The van der Waals surface area contributed by atoms with Crippen molar-refractivity contribution in [3.8, 4) is 0 Å². The van der Waals surface area contributed by atoms with E-state index in [2.05, 4.69) is 5.32 Å². The lowest BCUT2D eigenvalue weighted by Gasteiger charge is -2.63. The van der Waals surface area contributed by atoms with E-state index in [1.807, 2.05) is 0 Å². The second-order valence-corrected chi connectivity index (χ2v) is 16.7. The third-order valence-electron chi connectivity index (χ3n) is 13.2. The minimum absolute atomic E-state index is 0.194. The minimum atomic E-state index is -2.02. The Morgan fingerprint density at radius 2 is 1.53 bits per heavy atom. The molecule has 13 nitrogen and oxygen atoms in total. The molecule has 0 spiro atoms. The average Bonchev–Trinajstić information content (AvgIpc) is 3.22. The van der Waals surface area contributed by atoms with Crippen molar-refractivity contribution in [1.29, 1.82) is 0 Å². The van der Waals surface area contributed by atoms with Crippen LogP contribution in [0.5, 0.6) is 0 Å². The number of Topliss-reactive ketones (excluding diaryl/α,β-unsaturated/α-hetero) is 1. The Morgan fingerprint density at radius 3 is 2.12 bits per heavy atom. The molecule has 3 fully saturated rings. The van der Waals surface area contributed by atoms with Crippen LogP contribution in [0.15, 0.2) is 102 Å². The largest absolute Gasteiger partial charge is 0.510 e. The van der Waals surface area contributed by atoms with Crippen LogP contribution in [0.25, 0.3) is 0 Å². The molecule has 3 aromatic rings. The van der Waals surface area contributed by atoms with Gasteiger partial charge < -0.3 is 39.2 Å². The predicted molar refractivity (Wildman–Crippen MR) is 212 cm³/mol. The first kappa shape index (κ1) is 42.1. The van der Waals surface area contributed by atoms with Crippen LogP contribution in [0.4, 0.5) is 4.79 Å². The Kier molecular flexibility index (Phi) is 11.8. The number of ether oxygens (including phenoxy) is 5. The first-order chi connectivity index (χ1) is 28.1. The number of carbonyl (C=O) groups excluding carboxylic acids is 5. The monoisotopic (exact) mass is 829 g/mol. The third kappa shape index (κ3) is 7.54. The average molecular weight is 830 g/mol. The summed E-state index contributed by atoms with van der Waals surface area (Å²) in [5.41, 5.74) is -2.99. The van der Waals surface area contributed by atoms with Gasteiger partial charge >= 0.3 is 18.1 Å². The van der Waals surface area contributed by atoms with Gasteiger partial charge in [0.15, 0.2) is 6.07 Å². The summed E-state index contributed by atoms with van der Waals surface area (Å²) < 4.78 is 28.9. The number of esters is 2. The molecule has 2 bridgehead atoms. The Labute approximate surface area is 347 Å². The Hall–Kier alpha value is -5.08. The maximum atomic E-state index is 14.7. The molecular weight excluding hydrogens is 782 g/mol. The van der Waals surface area contributed by atoms with Crippen molar-refractivity contribution in [3.05, 3.63) is 119 Å². The number of hydrogen-bond donors (Lipinski definition) is 3. The lowest BCUT2D eigenvalue weighted by Crippen LogP contribution is -2.73. The van der Waals surface area contributed by atoms with Gasteiger partial charge in [-0.2, -0.15) is 0 Å². The summed E-state index contributed by atoms with van der Waals surface area (Å²) >= 11 is 5.68. The molecule has 312 valence electrons. The van der Waals surface area contributed by atoms with E-state index in [1.54, 1.807) is 119 Å². The number of carbonyl (C=O) groups is 5. The Morgan fingerprint density at radius 1 is 0.915 bits per heavy atom. The van der Waals surface area contributed by atoms with E-state index < -0.39 is 89.0 Å². The number of ketones is 1. The SMILES string of the molecule is CC1=C2CC(=O)[C@]3(C)[C@@H](O)C[C@H]4OCC4[C@H]3[C@H](OC(=O)c3ccccc3)[C@](O)(C[C@@H]1OC(=O)[C@H](OC(=O)OCCl)[C@@H](NC(=O)c1ccccc1)c1ccccc1)C2(C)C. The van der Waals surface area contributed by atoms with Gasteiger partial charge in [0.1, 0.15) is 29.6 Å². The van der Waals surface area contributed by atoms with Crippen LogP contribution >= 0.6 is 11.6 Å². The van der Waals surface area contributed by atoms with Gasteiger partial charge in [-0.1, -0.05) is 97.8 Å². The normalized spacial score (nSPS) is 30.4. The molecule has 1 saturated heterocycles. The maximum absolute atomic E-state index is 14.7. The highest BCUT2D eigenvalue weighted by Gasteiger charge is 2.70. The summed E-state index contributed by atoms with van der Waals surface area (Å²) in [6.07, 6.45) is -7.80. The number of aliphatic hydroxyl groups excluding tert-OH is 1. The highest BCUT2D eigenvalue weighted by molar-refractivity contribution is 6.17. The molecule has 1 heterocycles. The molecule has 3 N–H and O–H groups in total. The molecular formula is C45H48ClNO12. The molecule has 1 unspecified atom stereocenters. The Bertz CT molecular complexity index is 2110. The van der Waals surface area contributed by atoms with Gasteiger partial charge in [-0.3, -0.25) is 9.59 Å². The fourth-order valence-corrected chi connectivity index (χ4v) is 9.68. The number of alkyl halides is 1. The molecule has 1 aliphatic heterocycles. The van der Waals surface area contributed by atoms with E-state index in [0.717, 1.165) is 0 Å². The standard InChI is InChI=1S/C45H48ClNO12/c1-25-30-20-33(48)44(4)34(49)21-31-29(23-55-31)35(44)38(59-40(51)28-18-12-7-13-19-28)45(54,43(30,2)3)22-32(25)57-41(52)37(58-42(53)56-24-46)36(26-14-8-5-9-15-26)47-39(50)27-16-10-6-11-17-27/h5-19,29,31-32,34-38,49,54H,20-24H2,1-4H3,(H,47,50)/t29?,31-,32+,34+,35+,36+,37-,38+,44-,45-/m1/s1. The van der Waals surface area contributed by atoms with Crippen molar-refractivity contribution in [1.82, 2.24) is 5.32 Å². The number of hydrogen-bond acceptors (Lipinski definition) is 12. The number of rotatable bonds is 10. The van der Waals surface area contributed by atoms with Gasteiger partial charge in [-0.15, -0.1) is 0 Å². The number of aliphatic hydroxyl groups is 2. The van der Waals surface area contributed by atoms with Crippen LogP contribution in [-0.2, 0) is 33.3 Å². The molecule has 59 heavy (non-hydrogen) atoms. The zero-order chi connectivity index (χ0) is 42.3. The summed E-state index contributed by atoms with van der Waals surface area (Å²) in [7, 11) is 0. The molecule has 10 atom stereocenters. The van der Waals surface area contributed by atoms with Crippen LogP contribution in [0.1, 0.15) is 79.3 Å². The van der Waals surface area contributed by atoms with Crippen molar-refractivity contribution in [2.75, 3.05) is 12.7 Å². The van der Waals surface area contributed by atoms with Crippen molar-refractivity contribution in [2.45, 2.75) is 89.1 Å². The van der Waals surface area contributed by atoms with E-state index in [-0.39, 0.29) is 48.7 Å². The summed E-state index contributed by atoms with van der Waals surface area (Å²) in [5, 5.41) is 27.9. The highest BCUT2D eigenvalue weighted by atomic mass is 35.5. The maximum Gasteiger partial charge on any atom is 0.510 e. The third-order valence-corrected chi connectivity index (χ3v) is 13.3. The molecule has 3 aliphatic carbocycles. The van der Waals surface area contributed by atoms with E-state index in [1.165, 1.54) is 0 Å². The van der Waals surface area contributed by atoms with Gasteiger partial charge in [0.05, 0.1) is 29.8 Å². The molecule has 7 rings (SSSR count). The van der Waals surface area contributed by atoms with E-state index in [9.17, 15) is 34.2 Å². The fourth-order valence-electron chi connectivity index (χ4n) is 9.59. The van der Waals surface area contributed by atoms with Crippen LogP contribution < -0.4 is 5.32 Å². The Balaban J connectivity index is 1.31. The second-order valence-electron chi connectivity index (χ2n) is 16.5. The number of fused-ring (bicyclic) bond motifs is 5. The number of halogens is 1. The smallest absolute Gasteiger partial charge is 0.455 e. The highest BCUT2D eigenvalue weighted by Crippen LogP contribution is 2.62.